The molecule has 0 radical (unpaired) electrons. The number of nitrogens with one attached hydrogen (secondary N) is 2. The van der Waals surface area contributed by atoms with E-state index in [0.29, 0.717) is 18.0 Å². The predicted molar refractivity (Wildman–Crippen MR) is 105 cm³/mol. The Bertz CT molecular complexity index is 1020. The SMILES string of the molecule is COc1ccc(NS(=O)(=O)c2cc(NC(=O)C3=COCCO3)ccc2OC)cc1. The van der Waals surface area contributed by atoms with Crippen LogP contribution in [0.4, 0.5) is 11.4 Å². The van der Waals surface area contributed by atoms with E-state index < -0.39 is 15.9 Å². The molecule has 0 fully saturated rings. The number of carbonyl (C=O) groups is 1. The van der Waals surface area contributed by atoms with Crippen molar-refractivity contribution in [1.82, 2.24) is 0 Å². The Labute approximate surface area is 168 Å². The van der Waals surface area contributed by atoms with E-state index in [-0.39, 0.29) is 28.7 Å². The van der Waals surface area contributed by atoms with Crippen molar-refractivity contribution < 1.29 is 32.2 Å². The van der Waals surface area contributed by atoms with Gasteiger partial charge in [0.25, 0.3) is 15.9 Å². The summed E-state index contributed by atoms with van der Waals surface area (Å²) in [6, 6.07) is 10.7. The van der Waals surface area contributed by atoms with Crippen LogP contribution in [0.2, 0.25) is 0 Å². The van der Waals surface area contributed by atoms with E-state index in [0.717, 1.165) is 0 Å². The highest BCUT2D eigenvalue weighted by molar-refractivity contribution is 7.92. The molecule has 1 amide bonds. The molecule has 1 heterocycles. The lowest BCUT2D eigenvalue weighted by molar-refractivity contribution is -0.117. The van der Waals surface area contributed by atoms with Crippen molar-refractivity contribution in [3.63, 3.8) is 0 Å². The molecule has 0 spiro atoms. The molecule has 1 aliphatic rings. The highest BCUT2D eigenvalue weighted by Gasteiger charge is 2.22. The second-order valence-electron chi connectivity index (χ2n) is 5.86. The fourth-order valence-corrected chi connectivity index (χ4v) is 3.77. The lowest BCUT2D eigenvalue weighted by atomic mass is 10.3. The van der Waals surface area contributed by atoms with Gasteiger partial charge in [-0.25, -0.2) is 8.42 Å². The Balaban J connectivity index is 1.85. The lowest BCUT2D eigenvalue weighted by Crippen LogP contribution is -2.21. The molecule has 0 unspecified atom stereocenters. The molecule has 2 aromatic rings. The Morgan fingerprint density at radius 1 is 1.00 bits per heavy atom. The number of methoxy groups -OCH3 is 2. The van der Waals surface area contributed by atoms with Crippen LogP contribution in [0, 0.1) is 0 Å². The van der Waals surface area contributed by atoms with Gasteiger partial charge in [-0.15, -0.1) is 0 Å². The highest BCUT2D eigenvalue weighted by Crippen LogP contribution is 2.29. The van der Waals surface area contributed by atoms with Gasteiger partial charge in [0, 0.05) is 11.4 Å². The van der Waals surface area contributed by atoms with E-state index in [9.17, 15) is 13.2 Å². The molecular formula is C19H20N2O7S. The first kappa shape index (κ1) is 20.3. The van der Waals surface area contributed by atoms with Gasteiger partial charge in [0.1, 0.15) is 35.9 Å². The summed E-state index contributed by atoms with van der Waals surface area (Å²) < 4.78 is 48.7. The van der Waals surface area contributed by atoms with Crippen LogP contribution in [0.3, 0.4) is 0 Å². The van der Waals surface area contributed by atoms with Crippen LogP contribution in [0.25, 0.3) is 0 Å². The predicted octanol–water partition coefficient (Wildman–Crippen LogP) is 2.33. The van der Waals surface area contributed by atoms with Crippen molar-refractivity contribution in [1.29, 1.82) is 0 Å². The Kier molecular flexibility index (Phi) is 6.13. The average molecular weight is 420 g/mol. The molecule has 0 saturated heterocycles. The summed E-state index contributed by atoms with van der Waals surface area (Å²) >= 11 is 0. The van der Waals surface area contributed by atoms with Crippen LogP contribution in [0.15, 0.2) is 59.4 Å². The van der Waals surface area contributed by atoms with Crippen molar-refractivity contribution >= 4 is 27.3 Å². The first-order valence-electron chi connectivity index (χ1n) is 8.54. The largest absolute Gasteiger partial charge is 0.497 e. The standard InChI is InChI=1S/C19H20N2O7S/c1-25-15-6-3-13(4-7-15)21-29(23,24)18-11-14(5-8-16(18)26-2)20-19(22)17-12-27-9-10-28-17/h3-8,11-12,21H,9-10H2,1-2H3,(H,20,22). The van der Waals surface area contributed by atoms with Gasteiger partial charge < -0.3 is 24.3 Å². The Morgan fingerprint density at radius 3 is 2.34 bits per heavy atom. The molecule has 154 valence electrons. The topological polar surface area (TPSA) is 112 Å². The van der Waals surface area contributed by atoms with Gasteiger partial charge in [-0.05, 0) is 42.5 Å². The minimum Gasteiger partial charge on any atom is -0.497 e. The van der Waals surface area contributed by atoms with Gasteiger partial charge in [-0.1, -0.05) is 0 Å². The van der Waals surface area contributed by atoms with Gasteiger partial charge in [0.05, 0.1) is 14.2 Å². The second-order valence-corrected chi connectivity index (χ2v) is 7.51. The van der Waals surface area contributed by atoms with Crippen molar-refractivity contribution in [3.8, 4) is 11.5 Å². The van der Waals surface area contributed by atoms with Crippen LogP contribution in [0.1, 0.15) is 0 Å². The van der Waals surface area contributed by atoms with E-state index >= 15 is 0 Å². The molecule has 1 aliphatic heterocycles. The summed E-state index contributed by atoms with van der Waals surface area (Å²) in [5.74, 6) is 0.174. The third kappa shape index (κ3) is 4.91. The molecule has 2 N–H and O–H groups in total. The van der Waals surface area contributed by atoms with Gasteiger partial charge in [-0.2, -0.15) is 0 Å². The van der Waals surface area contributed by atoms with Crippen molar-refractivity contribution in [2.24, 2.45) is 0 Å². The summed E-state index contributed by atoms with van der Waals surface area (Å²) in [7, 11) is -1.12. The summed E-state index contributed by atoms with van der Waals surface area (Å²) in [6.45, 7) is 0.617. The zero-order valence-electron chi connectivity index (χ0n) is 15.8. The molecule has 3 rings (SSSR count). The van der Waals surface area contributed by atoms with E-state index in [2.05, 4.69) is 10.0 Å². The summed E-state index contributed by atoms with van der Waals surface area (Å²) in [5.41, 5.74) is 0.598. The van der Waals surface area contributed by atoms with Crippen molar-refractivity contribution in [3.05, 3.63) is 54.5 Å². The Hall–Kier alpha value is -3.40. The first-order valence-corrected chi connectivity index (χ1v) is 10.0. The van der Waals surface area contributed by atoms with Gasteiger partial charge in [0.2, 0.25) is 5.76 Å². The number of benzene rings is 2. The van der Waals surface area contributed by atoms with Crippen LogP contribution in [0.5, 0.6) is 11.5 Å². The number of sulfonamides is 1. The average Bonchev–Trinajstić information content (AvgIpc) is 2.74. The monoisotopic (exact) mass is 420 g/mol. The van der Waals surface area contributed by atoms with E-state index in [1.807, 2.05) is 0 Å². The maximum absolute atomic E-state index is 12.9. The maximum Gasteiger partial charge on any atom is 0.294 e. The zero-order valence-corrected chi connectivity index (χ0v) is 16.6. The molecule has 0 bridgehead atoms. The normalized spacial score (nSPS) is 13.4. The maximum atomic E-state index is 12.9. The van der Waals surface area contributed by atoms with Gasteiger partial charge in [-0.3, -0.25) is 9.52 Å². The van der Waals surface area contributed by atoms with Crippen molar-refractivity contribution in [2.75, 3.05) is 37.5 Å². The number of hydrogen-bond acceptors (Lipinski definition) is 7. The van der Waals surface area contributed by atoms with E-state index in [4.69, 9.17) is 18.9 Å². The van der Waals surface area contributed by atoms with Crippen molar-refractivity contribution in [2.45, 2.75) is 4.90 Å². The number of amides is 1. The quantitative estimate of drug-likeness (QED) is 0.707. The fourth-order valence-electron chi connectivity index (χ4n) is 2.51. The van der Waals surface area contributed by atoms with Crippen LogP contribution in [-0.2, 0) is 24.3 Å². The number of anilines is 2. The fraction of sp³-hybridized carbons (Fsp3) is 0.211. The molecule has 0 saturated carbocycles. The first-order chi connectivity index (χ1) is 13.9. The highest BCUT2D eigenvalue weighted by atomic mass is 32.2. The van der Waals surface area contributed by atoms with Crippen LogP contribution < -0.4 is 19.5 Å². The number of ether oxygens (including phenoxy) is 4. The Morgan fingerprint density at radius 2 is 1.72 bits per heavy atom. The third-order valence-corrected chi connectivity index (χ3v) is 5.33. The van der Waals surface area contributed by atoms with Crippen LogP contribution >= 0.6 is 0 Å². The van der Waals surface area contributed by atoms with Gasteiger partial charge >= 0.3 is 0 Å². The molecule has 9 nitrogen and oxygen atoms in total. The van der Waals surface area contributed by atoms with Crippen LogP contribution in [-0.4, -0.2) is 41.8 Å². The summed E-state index contributed by atoms with van der Waals surface area (Å²) in [6.07, 6.45) is 1.21. The molecular weight excluding hydrogens is 400 g/mol. The smallest absolute Gasteiger partial charge is 0.294 e. The zero-order chi connectivity index (χ0) is 20.9. The minimum atomic E-state index is -4.00. The molecule has 29 heavy (non-hydrogen) atoms. The summed E-state index contributed by atoms with van der Waals surface area (Å²) in [5, 5.41) is 2.58. The molecule has 10 heteroatoms. The molecule has 0 aromatic heterocycles. The minimum absolute atomic E-state index is 0.00725. The number of carbonyl (C=O) groups excluding carboxylic acids is 1. The molecule has 0 aliphatic carbocycles. The van der Waals surface area contributed by atoms with E-state index in [1.165, 1.54) is 38.7 Å². The molecule has 2 aromatic carbocycles. The third-order valence-electron chi connectivity index (χ3n) is 3.93. The van der Waals surface area contributed by atoms with Gasteiger partial charge in [0.15, 0.2) is 0 Å². The van der Waals surface area contributed by atoms with E-state index in [1.54, 1.807) is 24.3 Å². The lowest BCUT2D eigenvalue weighted by Gasteiger charge is -2.16. The number of rotatable bonds is 7. The number of hydrogen-bond donors (Lipinski definition) is 2. The molecule has 0 atom stereocenters. The summed E-state index contributed by atoms with van der Waals surface area (Å²) in [4.78, 5) is 12.1. The second kappa shape index (κ2) is 8.74.